The summed E-state index contributed by atoms with van der Waals surface area (Å²) in [7, 11) is 0. The molecule has 6 heteroatoms. The lowest BCUT2D eigenvalue weighted by atomic mass is 10.1. The topological polar surface area (TPSA) is 76.3 Å². The Labute approximate surface area is 121 Å². The van der Waals surface area contributed by atoms with Crippen LogP contribution in [0.15, 0.2) is 28.8 Å². The van der Waals surface area contributed by atoms with Crippen molar-refractivity contribution in [2.45, 2.75) is 26.2 Å². The normalized spacial score (nSPS) is 13.9. The third-order valence-electron chi connectivity index (χ3n) is 3.47. The fourth-order valence-corrected chi connectivity index (χ4v) is 2.43. The Morgan fingerprint density at radius 1 is 1.10 bits per heavy atom. The molecule has 1 aliphatic heterocycles. The minimum Gasteiger partial charge on any atom is -0.339 e. The maximum absolute atomic E-state index is 12.1. The number of aryl methyl sites for hydroxylation is 2. The molecule has 0 spiro atoms. The van der Waals surface area contributed by atoms with Crippen molar-refractivity contribution in [3.05, 3.63) is 47.1 Å². The summed E-state index contributed by atoms with van der Waals surface area (Å²) in [5, 5.41) is 3.72. The van der Waals surface area contributed by atoms with Crippen LogP contribution in [0, 0.1) is 6.92 Å². The quantitative estimate of drug-likeness (QED) is 0.620. The van der Waals surface area contributed by atoms with Gasteiger partial charge >= 0.3 is 0 Å². The van der Waals surface area contributed by atoms with Gasteiger partial charge in [0.15, 0.2) is 5.82 Å². The molecule has 1 aromatic heterocycles. The molecular weight excluding hydrogens is 270 g/mol. The molecule has 1 aliphatic rings. The molecule has 0 radical (unpaired) electrons. The van der Waals surface area contributed by atoms with Crippen LogP contribution in [-0.2, 0) is 6.42 Å². The molecule has 2 amide bonds. The molecule has 0 aliphatic carbocycles. The molecule has 6 nitrogen and oxygen atoms in total. The Morgan fingerprint density at radius 2 is 1.76 bits per heavy atom. The summed E-state index contributed by atoms with van der Waals surface area (Å²) in [6.45, 7) is 2.19. The van der Waals surface area contributed by atoms with E-state index in [2.05, 4.69) is 10.1 Å². The van der Waals surface area contributed by atoms with Gasteiger partial charge in [-0.15, -0.1) is 0 Å². The first-order valence-corrected chi connectivity index (χ1v) is 6.91. The largest absolute Gasteiger partial charge is 0.339 e. The summed E-state index contributed by atoms with van der Waals surface area (Å²) < 4.78 is 5.02. The van der Waals surface area contributed by atoms with Crippen LogP contribution in [0.4, 0.5) is 0 Å². The van der Waals surface area contributed by atoms with Crippen molar-refractivity contribution in [2.24, 2.45) is 0 Å². The average molecular weight is 285 g/mol. The van der Waals surface area contributed by atoms with Gasteiger partial charge in [0, 0.05) is 13.0 Å². The van der Waals surface area contributed by atoms with Gasteiger partial charge in [0.2, 0.25) is 5.89 Å². The summed E-state index contributed by atoms with van der Waals surface area (Å²) >= 11 is 0. The molecule has 1 aromatic carbocycles. The van der Waals surface area contributed by atoms with Crippen LogP contribution < -0.4 is 0 Å². The first-order chi connectivity index (χ1) is 10.2. The number of fused-ring (bicyclic) bond motifs is 1. The molecule has 108 valence electrons. The highest BCUT2D eigenvalue weighted by molar-refractivity contribution is 6.21. The molecule has 0 bridgehead atoms. The van der Waals surface area contributed by atoms with E-state index in [1.54, 1.807) is 31.2 Å². The number of imide groups is 1. The lowest BCUT2D eigenvalue weighted by Gasteiger charge is -2.12. The fourth-order valence-electron chi connectivity index (χ4n) is 2.43. The molecular formula is C15H15N3O3. The smallest absolute Gasteiger partial charge is 0.261 e. The zero-order valence-corrected chi connectivity index (χ0v) is 11.7. The Bertz CT molecular complexity index is 658. The first-order valence-electron chi connectivity index (χ1n) is 6.91. The van der Waals surface area contributed by atoms with Gasteiger partial charge in [0.25, 0.3) is 11.8 Å². The summed E-state index contributed by atoms with van der Waals surface area (Å²) in [6, 6.07) is 6.92. The predicted molar refractivity (Wildman–Crippen MR) is 73.8 cm³/mol. The van der Waals surface area contributed by atoms with Crippen LogP contribution in [0.2, 0.25) is 0 Å². The van der Waals surface area contributed by atoms with E-state index in [0.717, 1.165) is 6.42 Å². The monoisotopic (exact) mass is 285 g/mol. The average Bonchev–Trinajstić information content (AvgIpc) is 3.00. The second-order valence-corrected chi connectivity index (χ2v) is 5.00. The van der Waals surface area contributed by atoms with Crippen LogP contribution >= 0.6 is 0 Å². The van der Waals surface area contributed by atoms with E-state index >= 15 is 0 Å². The van der Waals surface area contributed by atoms with E-state index in [4.69, 9.17) is 4.52 Å². The van der Waals surface area contributed by atoms with Crippen LogP contribution in [0.5, 0.6) is 0 Å². The maximum Gasteiger partial charge on any atom is 0.261 e. The van der Waals surface area contributed by atoms with Gasteiger partial charge in [-0.25, -0.2) is 0 Å². The number of unbranched alkanes of at least 4 members (excludes halogenated alkanes) is 1. The number of hydrogen-bond donors (Lipinski definition) is 0. The Hall–Kier alpha value is -2.50. The van der Waals surface area contributed by atoms with Gasteiger partial charge in [-0.2, -0.15) is 4.98 Å². The van der Waals surface area contributed by atoms with Crippen LogP contribution in [0.1, 0.15) is 45.3 Å². The number of amides is 2. The summed E-state index contributed by atoms with van der Waals surface area (Å²) in [4.78, 5) is 29.7. The number of rotatable bonds is 5. The molecule has 0 saturated carbocycles. The lowest BCUT2D eigenvalue weighted by molar-refractivity contribution is 0.0651. The van der Waals surface area contributed by atoms with Gasteiger partial charge in [0.05, 0.1) is 11.1 Å². The maximum atomic E-state index is 12.1. The summed E-state index contributed by atoms with van der Waals surface area (Å²) in [5.74, 6) is 0.800. The second-order valence-electron chi connectivity index (χ2n) is 5.00. The number of carbonyl (C=O) groups is 2. The fraction of sp³-hybridized carbons (Fsp3) is 0.333. The molecule has 0 fully saturated rings. The van der Waals surface area contributed by atoms with E-state index in [9.17, 15) is 9.59 Å². The van der Waals surface area contributed by atoms with Crippen molar-refractivity contribution < 1.29 is 14.1 Å². The third-order valence-corrected chi connectivity index (χ3v) is 3.47. The van der Waals surface area contributed by atoms with E-state index in [0.29, 0.717) is 42.2 Å². The standard InChI is InChI=1S/C15H15N3O3/c1-10-16-13(21-17-10)8-4-5-9-18-14(19)11-6-2-3-7-12(11)15(18)20/h2-3,6-7H,4-5,8-9H2,1H3. The minimum absolute atomic E-state index is 0.204. The number of aromatic nitrogens is 2. The van der Waals surface area contributed by atoms with Crippen molar-refractivity contribution in [1.82, 2.24) is 15.0 Å². The van der Waals surface area contributed by atoms with Crippen LogP contribution in [0.3, 0.4) is 0 Å². The summed E-state index contributed by atoms with van der Waals surface area (Å²) in [6.07, 6.45) is 2.16. The van der Waals surface area contributed by atoms with Gasteiger partial charge in [-0.3, -0.25) is 14.5 Å². The SMILES string of the molecule is Cc1noc(CCCCN2C(=O)c3ccccc3C2=O)n1. The number of hydrogen-bond acceptors (Lipinski definition) is 5. The highest BCUT2D eigenvalue weighted by atomic mass is 16.5. The minimum atomic E-state index is -0.204. The molecule has 0 N–H and O–H groups in total. The van der Waals surface area contributed by atoms with Crippen molar-refractivity contribution in [2.75, 3.05) is 6.54 Å². The molecule has 2 heterocycles. The molecule has 3 rings (SSSR count). The van der Waals surface area contributed by atoms with E-state index in [1.165, 1.54) is 4.90 Å². The van der Waals surface area contributed by atoms with Gasteiger partial charge < -0.3 is 4.52 Å². The number of nitrogens with zero attached hydrogens (tertiary/aromatic N) is 3. The van der Waals surface area contributed by atoms with Gasteiger partial charge in [0.1, 0.15) is 0 Å². The van der Waals surface area contributed by atoms with E-state index < -0.39 is 0 Å². The van der Waals surface area contributed by atoms with Crippen molar-refractivity contribution in [1.29, 1.82) is 0 Å². The number of carbonyl (C=O) groups excluding carboxylic acids is 2. The van der Waals surface area contributed by atoms with E-state index in [1.807, 2.05) is 0 Å². The Kier molecular flexibility index (Phi) is 3.51. The van der Waals surface area contributed by atoms with Gasteiger partial charge in [-0.1, -0.05) is 17.3 Å². The zero-order chi connectivity index (χ0) is 14.8. The molecule has 0 saturated heterocycles. The van der Waals surface area contributed by atoms with E-state index in [-0.39, 0.29) is 11.8 Å². The molecule has 0 unspecified atom stereocenters. The zero-order valence-electron chi connectivity index (χ0n) is 11.7. The molecule has 2 aromatic rings. The van der Waals surface area contributed by atoms with Crippen molar-refractivity contribution in [3.63, 3.8) is 0 Å². The Morgan fingerprint density at radius 3 is 2.33 bits per heavy atom. The summed E-state index contributed by atoms with van der Waals surface area (Å²) in [5.41, 5.74) is 0.991. The van der Waals surface area contributed by atoms with Crippen LogP contribution in [0.25, 0.3) is 0 Å². The second kappa shape index (κ2) is 5.47. The molecule has 21 heavy (non-hydrogen) atoms. The number of benzene rings is 1. The highest BCUT2D eigenvalue weighted by Crippen LogP contribution is 2.22. The van der Waals surface area contributed by atoms with Crippen molar-refractivity contribution >= 4 is 11.8 Å². The van der Waals surface area contributed by atoms with Crippen molar-refractivity contribution in [3.8, 4) is 0 Å². The van der Waals surface area contributed by atoms with Crippen LogP contribution in [-0.4, -0.2) is 33.4 Å². The van der Waals surface area contributed by atoms with Gasteiger partial charge in [-0.05, 0) is 31.9 Å². The highest BCUT2D eigenvalue weighted by Gasteiger charge is 2.34. The predicted octanol–water partition coefficient (Wildman–Crippen LogP) is 2.00. The lowest BCUT2D eigenvalue weighted by Crippen LogP contribution is -2.30. The first kappa shape index (κ1) is 13.5. The molecule has 0 atom stereocenters. The third kappa shape index (κ3) is 2.56. The Balaban J connectivity index is 1.55.